The Labute approximate surface area is 97.4 Å². The number of ether oxygens (including phenoxy) is 1. The molecule has 0 aliphatic carbocycles. The van der Waals surface area contributed by atoms with Crippen molar-refractivity contribution < 1.29 is 9.53 Å². The molecule has 0 radical (unpaired) electrons. The van der Waals surface area contributed by atoms with E-state index in [2.05, 4.69) is 5.32 Å². The minimum absolute atomic E-state index is 0.198. The third-order valence-corrected chi connectivity index (χ3v) is 4.10. The molecule has 1 atom stereocenters. The first kappa shape index (κ1) is 10.9. The molecule has 2 rings (SSSR count). The average Bonchev–Trinajstić information content (AvgIpc) is 2.75. The lowest BCUT2D eigenvalue weighted by Crippen LogP contribution is -2.54. The Bertz CT molecular complexity index is 379. The summed E-state index contributed by atoms with van der Waals surface area (Å²) in [5.41, 5.74) is 0.129. The number of carbonyl (C=O) groups is 1. The number of nitrogens with one attached hydrogen (secondary N) is 1. The van der Waals surface area contributed by atoms with Gasteiger partial charge in [-0.1, -0.05) is 0 Å². The normalized spacial score (nSPS) is 24.7. The molecule has 0 aromatic carbocycles. The summed E-state index contributed by atoms with van der Waals surface area (Å²) in [5, 5.41) is 5.16. The lowest BCUT2D eigenvalue weighted by atomic mass is 9.88. The van der Waals surface area contributed by atoms with Crippen LogP contribution in [0.25, 0.3) is 0 Å². The summed E-state index contributed by atoms with van der Waals surface area (Å²) in [6.07, 6.45) is 0.947. The fourth-order valence-corrected chi connectivity index (χ4v) is 3.23. The number of alkyl halides is 1. The number of esters is 1. The fraction of sp³-hybridized carbons (Fsp3) is 0.500. The minimum Gasteiger partial charge on any atom is -0.467 e. The Morgan fingerprint density at radius 3 is 3.27 bits per heavy atom. The molecule has 5 heteroatoms. The Kier molecular flexibility index (Phi) is 3.00. The molecule has 0 saturated heterocycles. The second-order valence-corrected chi connectivity index (χ2v) is 4.73. The van der Waals surface area contributed by atoms with Gasteiger partial charge in [0, 0.05) is 11.4 Å². The van der Waals surface area contributed by atoms with Gasteiger partial charge >= 0.3 is 5.97 Å². The van der Waals surface area contributed by atoms with Gasteiger partial charge in [0.25, 0.3) is 0 Å². The van der Waals surface area contributed by atoms with Gasteiger partial charge < -0.3 is 4.74 Å². The molecule has 0 amide bonds. The van der Waals surface area contributed by atoms with Crippen molar-refractivity contribution in [3.63, 3.8) is 0 Å². The van der Waals surface area contributed by atoms with Crippen LogP contribution in [0.4, 0.5) is 0 Å². The topological polar surface area (TPSA) is 38.3 Å². The number of methoxy groups -OCH3 is 1. The SMILES string of the molecule is COC(=O)C1(CCl)NCCc2sccc21. The Hall–Kier alpha value is -0.580. The summed E-state index contributed by atoms with van der Waals surface area (Å²) < 4.78 is 4.83. The van der Waals surface area contributed by atoms with E-state index in [0.29, 0.717) is 0 Å². The number of carbonyl (C=O) groups excluding carboxylic acids is 1. The van der Waals surface area contributed by atoms with Crippen LogP contribution >= 0.6 is 22.9 Å². The summed E-state index contributed by atoms with van der Waals surface area (Å²) >= 11 is 7.60. The smallest absolute Gasteiger partial charge is 0.332 e. The molecule has 0 spiro atoms. The zero-order chi connectivity index (χ0) is 10.9. The van der Waals surface area contributed by atoms with E-state index in [9.17, 15) is 4.79 Å². The maximum absolute atomic E-state index is 11.8. The van der Waals surface area contributed by atoms with Crippen molar-refractivity contribution in [2.45, 2.75) is 12.0 Å². The van der Waals surface area contributed by atoms with E-state index >= 15 is 0 Å². The lowest BCUT2D eigenvalue weighted by molar-refractivity contribution is -0.148. The van der Waals surface area contributed by atoms with Gasteiger partial charge in [-0.3, -0.25) is 5.32 Å². The van der Waals surface area contributed by atoms with Crippen molar-refractivity contribution in [1.29, 1.82) is 0 Å². The standard InChI is InChI=1S/C10H12ClNO2S/c1-14-9(13)10(6-11)7-3-5-15-8(7)2-4-12-10/h3,5,12H,2,4,6H2,1H3. The van der Waals surface area contributed by atoms with Crippen LogP contribution in [-0.4, -0.2) is 25.5 Å². The first-order valence-corrected chi connectivity index (χ1v) is 6.12. The van der Waals surface area contributed by atoms with Crippen LogP contribution in [0.3, 0.4) is 0 Å². The second kappa shape index (κ2) is 4.12. The quantitative estimate of drug-likeness (QED) is 0.634. The third-order valence-electron chi connectivity index (χ3n) is 2.72. The lowest BCUT2D eigenvalue weighted by Gasteiger charge is -2.34. The van der Waals surface area contributed by atoms with Crippen molar-refractivity contribution in [3.05, 3.63) is 21.9 Å². The van der Waals surface area contributed by atoms with Crippen molar-refractivity contribution in [2.24, 2.45) is 0 Å². The Balaban J connectivity index is 2.48. The number of rotatable bonds is 2. The van der Waals surface area contributed by atoms with Crippen LogP contribution in [0.15, 0.2) is 11.4 Å². The summed E-state index contributed by atoms with van der Waals surface area (Å²) in [4.78, 5) is 13.0. The molecule has 1 N–H and O–H groups in total. The highest BCUT2D eigenvalue weighted by atomic mass is 35.5. The second-order valence-electron chi connectivity index (χ2n) is 3.46. The first-order chi connectivity index (χ1) is 7.24. The molecule has 15 heavy (non-hydrogen) atoms. The maximum Gasteiger partial charge on any atom is 0.332 e. The van der Waals surface area contributed by atoms with Crippen LogP contribution in [0.1, 0.15) is 10.4 Å². The minimum atomic E-state index is -0.843. The highest BCUT2D eigenvalue weighted by molar-refractivity contribution is 7.10. The van der Waals surface area contributed by atoms with Crippen LogP contribution in [0.2, 0.25) is 0 Å². The van der Waals surface area contributed by atoms with Gasteiger partial charge in [0.2, 0.25) is 0 Å². The van der Waals surface area contributed by atoms with Gasteiger partial charge in [-0.25, -0.2) is 4.79 Å². The molecule has 0 saturated carbocycles. The maximum atomic E-state index is 11.8. The Morgan fingerprint density at radius 2 is 2.60 bits per heavy atom. The molecule has 2 heterocycles. The molecular weight excluding hydrogens is 234 g/mol. The van der Waals surface area contributed by atoms with Crippen molar-refractivity contribution >= 4 is 28.9 Å². The number of halogens is 1. The molecule has 1 unspecified atom stereocenters. The van der Waals surface area contributed by atoms with Crippen molar-refractivity contribution in [1.82, 2.24) is 5.32 Å². The van der Waals surface area contributed by atoms with Crippen LogP contribution in [-0.2, 0) is 21.5 Å². The summed E-state index contributed by atoms with van der Waals surface area (Å²) in [5.74, 6) is -0.111. The largest absolute Gasteiger partial charge is 0.467 e. The fourth-order valence-electron chi connectivity index (χ4n) is 1.93. The highest BCUT2D eigenvalue weighted by Crippen LogP contribution is 2.34. The molecule has 0 fully saturated rings. The monoisotopic (exact) mass is 245 g/mol. The van der Waals surface area contributed by atoms with Gasteiger partial charge in [0.15, 0.2) is 5.54 Å². The van der Waals surface area contributed by atoms with Gasteiger partial charge in [-0.05, 0) is 23.4 Å². The predicted octanol–water partition coefficient (Wildman–Crippen LogP) is 1.50. The number of fused-ring (bicyclic) bond motifs is 1. The van der Waals surface area contributed by atoms with Crippen molar-refractivity contribution in [3.8, 4) is 0 Å². The molecule has 0 bridgehead atoms. The van der Waals surface area contributed by atoms with E-state index in [1.165, 1.54) is 12.0 Å². The summed E-state index contributed by atoms with van der Waals surface area (Å²) in [6.45, 7) is 0.759. The third kappa shape index (κ3) is 1.57. The molecule has 1 aromatic heterocycles. The van der Waals surface area contributed by atoms with Crippen molar-refractivity contribution in [2.75, 3.05) is 19.5 Å². The van der Waals surface area contributed by atoms with E-state index in [-0.39, 0.29) is 11.8 Å². The molecule has 3 nitrogen and oxygen atoms in total. The van der Waals surface area contributed by atoms with Gasteiger partial charge in [-0.2, -0.15) is 0 Å². The van der Waals surface area contributed by atoms with E-state index in [0.717, 1.165) is 18.5 Å². The zero-order valence-corrected chi connectivity index (χ0v) is 9.95. The molecule has 1 aliphatic heterocycles. The van der Waals surface area contributed by atoms with Crippen LogP contribution < -0.4 is 5.32 Å². The van der Waals surface area contributed by atoms with E-state index in [4.69, 9.17) is 16.3 Å². The number of hydrogen-bond donors (Lipinski definition) is 1. The zero-order valence-electron chi connectivity index (χ0n) is 8.38. The van der Waals surface area contributed by atoms with Gasteiger partial charge in [-0.15, -0.1) is 22.9 Å². The summed E-state index contributed by atoms with van der Waals surface area (Å²) in [7, 11) is 1.39. The van der Waals surface area contributed by atoms with E-state index in [1.54, 1.807) is 11.3 Å². The highest BCUT2D eigenvalue weighted by Gasteiger charge is 2.44. The molecule has 1 aliphatic rings. The summed E-state index contributed by atoms with van der Waals surface area (Å²) in [6, 6.07) is 1.95. The van der Waals surface area contributed by atoms with E-state index < -0.39 is 5.54 Å². The first-order valence-electron chi connectivity index (χ1n) is 4.71. The molecular formula is C10H12ClNO2S. The van der Waals surface area contributed by atoms with E-state index in [1.807, 2.05) is 11.4 Å². The predicted molar refractivity (Wildman–Crippen MR) is 60.4 cm³/mol. The molecule has 82 valence electrons. The van der Waals surface area contributed by atoms with Crippen LogP contribution in [0.5, 0.6) is 0 Å². The van der Waals surface area contributed by atoms with Gasteiger partial charge in [0.1, 0.15) is 0 Å². The number of thiophene rings is 1. The Morgan fingerprint density at radius 1 is 1.80 bits per heavy atom. The van der Waals surface area contributed by atoms with Gasteiger partial charge in [0.05, 0.1) is 13.0 Å². The number of hydrogen-bond acceptors (Lipinski definition) is 4. The van der Waals surface area contributed by atoms with Crippen LogP contribution in [0, 0.1) is 0 Å². The molecule has 1 aromatic rings. The average molecular weight is 246 g/mol.